The summed E-state index contributed by atoms with van der Waals surface area (Å²) in [5, 5.41) is 6.35. The number of carbonyl (C=O) groups excluding carboxylic acids is 1. The normalized spacial score (nSPS) is 10.6. The molecule has 1 amide bonds. The minimum atomic E-state index is -0.394. The molecule has 0 fully saturated rings. The molecule has 0 saturated heterocycles. The number of nitrogens with zero attached hydrogens (tertiary/aromatic N) is 2. The van der Waals surface area contributed by atoms with Gasteiger partial charge in [0, 0.05) is 18.5 Å². The van der Waals surface area contributed by atoms with Gasteiger partial charge in [0.05, 0.1) is 6.26 Å². The maximum absolute atomic E-state index is 13.6. The fourth-order valence-electron chi connectivity index (χ4n) is 2.04. The Hall–Kier alpha value is -2.96. The van der Waals surface area contributed by atoms with Gasteiger partial charge in [-0.1, -0.05) is 6.07 Å². The van der Waals surface area contributed by atoms with Gasteiger partial charge in [-0.3, -0.25) is 4.79 Å². The summed E-state index contributed by atoms with van der Waals surface area (Å²) in [5.74, 6) is 0.103. The van der Waals surface area contributed by atoms with Gasteiger partial charge in [0.2, 0.25) is 0 Å². The number of amides is 1. The zero-order valence-electron chi connectivity index (χ0n) is 11.5. The quantitative estimate of drug-likeness (QED) is 0.706. The van der Waals surface area contributed by atoms with Crippen LogP contribution in [0.4, 0.5) is 10.2 Å². The van der Waals surface area contributed by atoms with E-state index in [2.05, 4.69) is 20.6 Å². The van der Waals surface area contributed by atoms with Gasteiger partial charge in [0.25, 0.3) is 5.91 Å². The SMILES string of the molecule is O=C(NCCNc1ncnc2c(F)cccc12)c1ccco1. The Labute approximate surface area is 125 Å². The lowest BCUT2D eigenvalue weighted by molar-refractivity contribution is 0.0927. The average molecular weight is 300 g/mol. The molecule has 0 spiro atoms. The molecule has 0 radical (unpaired) electrons. The van der Waals surface area contributed by atoms with Gasteiger partial charge in [-0.25, -0.2) is 14.4 Å². The summed E-state index contributed by atoms with van der Waals surface area (Å²) in [5.41, 5.74) is 0.264. The highest BCUT2D eigenvalue weighted by Crippen LogP contribution is 2.20. The molecule has 112 valence electrons. The number of hydrogen-bond acceptors (Lipinski definition) is 5. The Kier molecular flexibility index (Phi) is 3.95. The molecule has 0 atom stereocenters. The number of aromatic nitrogens is 2. The topological polar surface area (TPSA) is 80.0 Å². The van der Waals surface area contributed by atoms with Crippen LogP contribution in [0.3, 0.4) is 0 Å². The Morgan fingerprint density at radius 3 is 2.91 bits per heavy atom. The van der Waals surface area contributed by atoms with Crippen molar-refractivity contribution in [3.8, 4) is 0 Å². The molecule has 0 aliphatic heterocycles. The van der Waals surface area contributed by atoms with Gasteiger partial charge in [-0.05, 0) is 24.3 Å². The number of rotatable bonds is 5. The standard InChI is InChI=1S/C15H13FN4O2/c16-11-4-1-3-10-13(11)19-9-20-14(10)17-6-7-18-15(21)12-5-2-8-22-12/h1-5,8-9H,6-7H2,(H,18,21)(H,17,19,20). The molecule has 0 unspecified atom stereocenters. The number of nitrogens with one attached hydrogen (secondary N) is 2. The van der Waals surface area contributed by atoms with Gasteiger partial charge in [0.1, 0.15) is 23.5 Å². The first-order chi connectivity index (χ1) is 10.8. The van der Waals surface area contributed by atoms with Crippen LogP contribution in [-0.2, 0) is 0 Å². The fraction of sp³-hybridized carbons (Fsp3) is 0.133. The molecular weight excluding hydrogens is 287 g/mol. The number of hydrogen-bond donors (Lipinski definition) is 2. The first kappa shape index (κ1) is 14.0. The molecule has 2 aromatic heterocycles. The summed E-state index contributed by atoms with van der Waals surface area (Å²) in [6, 6.07) is 7.92. The third-order valence-corrected chi connectivity index (χ3v) is 3.06. The number of para-hydroxylation sites is 1. The van der Waals surface area contributed by atoms with E-state index in [1.807, 2.05) is 0 Å². The van der Waals surface area contributed by atoms with Gasteiger partial charge in [-0.2, -0.15) is 0 Å². The zero-order valence-corrected chi connectivity index (χ0v) is 11.5. The molecule has 0 saturated carbocycles. The third kappa shape index (κ3) is 2.88. The first-order valence-electron chi connectivity index (χ1n) is 6.70. The highest BCUT2D eigenvalue weighted by atomic mass is 19.1. The number of furan rings is 1. The molecule has 6 nitrogen and oxygen atoms in total. The molecule has 2 heterocycles. The summed E-state index contributed by atoms with van der Waals surface area (Å²) in [6.07, 6.45) is 2.74. The van der Waals surface area contributed by atoms with Crippen LogP contribution < -0.4 is 10.6 Å². The molecule has 0 bridgehead atoms. The predicted molar refractivity (Wildman–Crippen MR) is 79.0 cm³/mol. The van der Waals surface area contributed by atoms with Crippen molar-refractivity contribution in [3.63, 3.8) is 0 Å². The van der Waals surface area contributed by atoms with Crippen LogP contribution in [0.1, 0.15) is 10.6 Å². The summed E-state index contributed by atoms with van der Waals surface area (Å²) in [4.78, 5) is 19.7. The first-order valence-corrected chi connectivity index (χ1v) is 6.70. The van der Waals surface area contributed by atoms with Gasteiger partial charge >= 0.3 is 0 Å². The van der Waals surface area contributed by atoms with Crippen molar-refractivity contribution < 1.29 is 13.6 Å². The second-order valence-corrected chi connectivity index (χ2v) is 4.52. The van der Waals surface area contributed by atoms with E-state index >= 15 is 0 Å². The minimum Gasteiger partial charge on any atom is -0.459 e. The van der Waals surface area contributed by atoms with Crippen LogP contribution in [0.25, 0.3) is 10.9 Å². The lowest BCUT2D eigenvalue weighted by Gasteiger charge is -2.09. The highest BCUT2D eigenvalue weighted by Gasteiger charge is 2.08. The van der Waals surface area contributed by atoms with Crippen molar-refractivity contribution in [1.29, 1.82) is 0 Å². The maximum atomic E-state index is 13.6. The van der Waals surface area contributed by atoms with Crippen molar-refractivity contribution in [3.05, 3.63) is 54.5 Å². The van der Waals surface area contributed by atoms with Crippen LogP contribution in [0.2, 0.25) is 0 Å². The lowest BCUT2D eigenvalue weighted by Crippen LogP contribution is -2.28. The van der Waals surface area contributed by atoms with Crippen molar-refractivity contribution >= 4 is 22.6 Å². The molecule has 1 aromatic carbocycles. The summed E-state index contributed by atoms with van der Waals surface area (Å²) < 4.78 is 18.6. The van der Waals surface area contributed by atoms with Crippen molar-refractivity contribution in [2.75, 3.05) is 18.4 Å². The molecule has 3 aromatic rings. The Balaban J connectivity index is 1.60. The Morgan fingerprint density at radius 2 is 2.09 bits per heavy atom. The summed E-state index contributed by atoms with van der Waals surface area (Å²) in [7, 11) is 0. The van der Waals surface area contributed by atoms with Crippen molar-refractivity contribution in [1.82, 2.24) is 15.3 Å². The minimum absolute atomic E-state index is 0.259. The monoisotopic (exact) mass is 300 g/mol. The number of fused-ring (bicyclic) bond motifs is 1. The van der Waals surface area contributed by atoms with E-state index in [-0.39, 0.29) is 17.2 Å². The van der Waals surface area contributed by atoms with Crippen LogP contribution in [0.15, 0.2) is 47.3 Å². The number of benzene rings is 1. The highest BCUT2D eigenvalue weighted by molar-refractivity contribution is 5.91. The zero-order chi connectivity index (χ0) is 15.4. The smallest absolute Gasteiger partial charge is 0.287 e. The van der Waals surface area contributed by atoms with Crippen LogP contribution in [-0.4, -0.2) is 29.0 Å². The molecule has 22 heavy (non-hydrogen) atoms. The van der Waals surface area contributed by atoms with Gasteiger partial charge in [0.15, 0.2) is 5.76 Å². The summed E-state index contributed by atoms with van der Waals surface area (Å²) >= 11 is 0. The van der Waals surface area contributed by atoms with E-state index in [4.69, 9.17) is 4.42 Å². The van der Waals surface area contributed by atoms with Crippen molar-refractivity contribution in [2.24, 2.45) is 0 Å². The largest absolute Gasteiger partial charge is 0.459 e. The Morgan fingerprint density at radius 1 is 1.18 bits per heavy atom. The molecule has 3 rings (SSSR count). The summed E-state index contributed by atoms with van der Waals surface area (Å²) in [6.45, 7) is 0.815. The fourth-order valence-corrected chi connectivity index (χ4v) is 2.04. The van der Waals surface area contributed by atoms with E-state index < -0.39 is 5.82 Å². The van der Waals surface area contributed by atoms with E-state index in [1.165, 1.54) is 18.7 Å². The van der Waals surface area contributed by atoms with Crippen LogP contribution >= 0.6 is 0 Å². The van der Waals surface area contributed by atoms with E-state index in [1.54, 1.807) is 24.3 Å². The van der Waals surface area contributed by atoms with Crippen LogP contribution in [0, 0.1) is 5.82 Å². The molecule has 0 aliphatic carbocycles. The second-order valence-electron chi connectivity index (χ2n) is 4.52. The van der Waals surface area contributed by atoms with E-state index in [0.29, 0.717) is 24.3 Å². The lowest BCUT2D eigenvalue weighted by atomic mass is 10.2. The number of carbonyl (C=O) groups is 1. The third-order valence-electron chi connectivity index (χ3n) is 3.06. The number of anilines is 1. The van der Waals surface area contributed by atoms with Crippen LogP contribution in [0.5, 0.6) is 0 Å². The van der Waals surface area contributed by atoms with Crippen molar-refractivity contribution in [2.45, 2.75) is 0 Å². The molecule has 0 aliphatic rings. The second kappa shape index (κ2) is 6.21. The van der Waals surface area contributed by atoms with Gasteiger partial charge < -0.3 is 15.1 Å². The Bertz CT molecular complexity index is 789. The predicted octanol–water partition coefficient (Wildman–Crippen LogP) is 2.20. The number of halogens is 1. The molecule has 2 N–H and O–H groups in total. The average Bonchev–Trinajstić information content (AvgIpc) is 3.06. The van der Waals surface area contributed by atoms with E-state index in [0.717, 1.165) is 0 Å². The van der Waals surface area contributed by atoms with E-state index in [9.17, 15) is 9.18 Å². The molecular formula is C15H13FN4O2. The van der Waals surface area contributed by atoms with Gasteiger partial charge in [-0.15, -0.1) is 0 Å². The molecule has 7 heteroatoms. The maximum Gasteiger partial charge on any atom is 0.287 e.